The van der Waals surface area contributed by atoms with Gasteiger partial charge >= 0.3 is 11.9 Å². The molecule has 294 valence electrons. The highest BCUT2D eigenvalue weighted by Gasteiger charge is 2.49. The Morgan fingerprint density at radius 3 is 1.10 bits per heavy atom. The Labute approximate surface area is 308 Å². The second kappa shape index (κ2) is 20.9. The summed E-state index contributed by atoms with van der Waals surface area (Å²) < 4.78 is 12.1. The largest absolute Gasteiger partial charge is 0.462 e. The zero-order valence-corrected chi connectivity index (χ0v) is 34.8. The number of esters is 2. The molecule has 0 amide bonds. The quantitative estimate of drug-likeness (QED) is 0.0767. The average molecular weight is 709 g/mol. The Hall–Kier alpha value is -1.22. The molecule has 2 aliphatic rings. The molecule has 0 aromatic rings. The maximum absolute atomic E-state index is 12.8. The topological polar surface area (TPSA) is 77.5 Å². The third-order valence-electron chi connectivity index (χ3n) is 10.9. The zero-order valence-electron chi connectivity index (χ0n) is 34.8. The van der Waals surface area contributed by atoms with E-state index < -0.39 is 0 Å². The molecule has 2 atom stereocenters. The maximum Gasteiger partial charge on any atom is 0.306 e. The van der Waals surface area contributed by atoms with Crippen LogP contribution in [0.1, 0.15) is 212 Å². The Morgan fingerprint density at radius 2 is 0.820 bits per heavy atom. The highest BCUT2D eigenvalue weighted by atomic mass is 16.7. The smallest absolute Gasteiger partial charge is 0.306 e. The number of nitrogens with zero attached hydrogens (tertiary/aromatic N) is 2. The molecule has 2 unspecified atom stereocenters. The highest BCUT2D eigenvalue weighted by Crippen LogP contribution is 2.42. The van der Waals surface area contributed by atoms with Crippen molar-refractivity contribution in [2.75, 3.05) is 0 Å². The van der Waals surface area contributed by atoms with Gasteiger partial charge in [0.1, 0.15) is 12.2 Å². The lowest BCUT2D eigenvalue weighted by Crippen LogP contribution is -2.62. The molecular formula is C42H80N2O6. The first-order valence-corrected chi connectivity index (χ1v) is 20.7. The minimum absolute atomic E-state index is 0.0847. The van der Waals surface area contributed by atoms with Crippen molar-refractivity contribution in [3.8, 4) is 0 Å². The molecule has 0 radical (unpaired) electrons. The number of ether oxygens (including phenoxy) is 2. The van der Waals surface area contributed by atoms with Gasteiger partial charge in [-0.15, -0.1) is 0 Å². The summed E-state index contributed by atoms with van der Waals surface area (Å²) in [5.74, 6) is -0.169. The van der Waals surface area contributed by atoms with Crippen LogP contribution in [0.5, 0.6) is 0 Å². The van der Waals surface area contributed by atoms with E-state index in [2.05, 4.69) is 93.2 Å². The molecule has 2 fully saturated rings. The molecule has 0 bridgehead atoms. The van der Waals surface area contributed by atoms with Crippen LogP contribution in [0.25, 0.3) is 0 Å². The summed E-state index contributed by atoms with van der Waals surface area (Å²) >= 11 is 0. The van der Waals surface area contributed by atoms with Crippen molar-refractivity contribution in [2.24, 2.45) is 0 Å². The number of hydrogen-bond acceptors (Lipinski definition) is 8. The highest BCUT2D eigenvalue weighted by molar-refractivity contribution is 5.69. The van der Waals surface area contributed by atoms with Gasteiger partial charge in [-0.3, -0.25) is 19.3 Å². The van der Waals surface area contributed by atoms with Crippen molar-refractivity contribution in [1.29, 1.82) is 0 Å². The van der Waals surface area contributed by atoms with Crippen LogP contribution in [0.15, 0.2) is 0 Å². The van der Waals surface area contributed by atoms with E-state index in [1.165, 1.54) is 25.7 Å². The third kappa shape index (κ3) is 14.7. The number of piperidine rings is 2. The summed E-state index contributed by atoms with van der Waals surface area (Å²) in [7, 11) is 0. The average Bonchev–Trinajstić information content (AvgIpc) is 3.00. The summed E-state index contributed by atoms with van der Waals surface area (Å²) in [5, 5.41) is 4.40. The molecular weight excluding hydrogens is 628 g/mol. The second-order valence-electron chi connectivity index (χ2n) is 18.1. The fraction of sp³-hybridized carbons (Fsp3) is 0.952. The van der Waals surface area contributed by atoms with Gasteiger partial charge in [0.05, 0.1) is 12.2 Å². The number of hydroxylamine groups is 4. The molecule has 0 spiro atoms. The van der Waals surface area contributed by atoms with Crippen molar-refractivity contribution in [3.05, 3.63) is 0 Å². The van der Waals surface area contributed by atoms with Crippen LogP contribution < -0.4 is 0 Å². The summed E-state index contributed by atoms with van der Waals surface area (Å²) in [6.45, 7) is 26.5. The van der Waals surface area contributed by atoms with Crippen LogP contribution in [0.2, 0.25) is 0 Å². The summed E-state index contributed by atoms with van der Waals surface area (Å²) in [5.41, 5.74) is -0.871. The van der Waals surface area contributed by atoms with Gasteiger partial charge in [0.25, 0.3) is 0 Å². The lowest BCUT2D eigenvalue weighted by Gasteiger charge is -2.54. The van der Waals surface area contributed by atoms with Gasteiger partial charge in [0.2, 0.25) is 0 Å². The summed E-state index contributed by atoms with van der Waals surface area (Å²) in [4.78, 5) is 38.8. The number of carbonyl (C=O) groups excluding carboxylic acids is 2. The molecule has 2 aliphatic heterocycles. The van der Waals surface area contributed by atoms with Crippen LogP contribution in [0.3, 0.4) is 0 Å². The molecule has 50 heavy (non-hydrogen) atoms. The molecule has 8 heteroatoms. The van der Waals surface area contributed by atoms with Crippen LogP contribution >= 0.6 is 0 Å². The van der Waals surface area contributed by atoms with E-state index in [1.807, 2.05) is 0 Å². The Morgan fingerprint density at radius 1 is 0.520 bits per heavy atom. The minimum Gasteiger partial charge on any atom is -0.462 e. The van der Waals surface area contributed by atoms with Crippen molar-refractivity contribution >= 4 is 11.9 Å². The van der Waals surface area contributed by atoms with Crippen molar-refractivity contribution in [3.63, 3.8) is 0 Å². The summed E-state index contributed by atoms with van der Waals surface area (Å²) in [6, 6.07) is 0. The molecule has 2 heterocycles. The number of hydrogen-bond donors (Lipinski definition) is 0. The van der Waals surface area contributed by atoms with Crippen molar-refractivity contribution in [2.45, 2.75) is 258 Å². The van der Waals surface area contributed by atoms with Crippen LogP contribution in [0.4, 0.5) is 0 Å². The molecule has 0 aromatic heterocycles. The fourth-order valence-corrected chi connectivity index (χ4v) is 8.64. The lowest BCUT2D eigenvalue weighted by molar-refractivity contribution is -0.316. The molecule has 0 N–H and O–H groups in total. The SMILES string of the molecule is CCCCC(CC)ON1C(C)(C)CC(OC(=O)CCCCCCCCC(=O)OC2CC(C)(C)N(OC(CC)CCCC)C(C)(C)C2)CC1(C)C. The van der Waals surface area contributed by atoms with Crippen LogP contribution in [-0.4, -0.2) is 68.6 Å². The third-order valence-corrected chi connectivity index (χ3v) is 10.9. The lowest BCUT2D eigenvalue weighted by atomic mass is 9.80. The van der Waals surface area contributed by atoms with Gasteiger partial charge in [0, 0.05) is 60.7 Å². The van der Waals surface area contributed by atoms with E-state index in [-0.39, 0.29) is 58.5 Å². The van der Waals surface area contributed by atoms with E-state index in [9.17, 15) is 9.59 Å². The number of rotatable bonds is 23. The first-order chi connectivity index (χ1) is 23.4. The number of carbonyl (C=O) groups is 2. The van der Waals surface area contributed by atoms with E-state index in [0.29, 0.717) is 12.8 Å². The minimum atomic E-state index is -0.218. The monoisotopic (exact) mass is 709 g/mol. The number of unbranched alkanes of at least 4 members (excludes halogenated alkanes) is 7. The van der Waals surface area contributed by atoms with E-state index in [0.717, 1.165) is 89.9 Å². The second-order valence-corrected chi connectivity index (χ2v) is 18.1. The van der Waals surface area contributed by atoms with Crippen molar-refractivity contribution in [1.82, 2.24) is 10.1 Å². The van der Waals surface area contributed by atoms with Gasteiger partial charge < -0.3 is 9.47 Å². The predicted octanol–water partition coefficient (Wildman–Crippen LogP) is 11.0. The summed E-state index contributed by atoms with van der Waals surface area (Å²) in [6.07, 6.45) is 19.0. The molecule has 2 rings (SSSR count). The predicted molar refractivity (Wildman–Crippen MR) is 205 cm³/mol. The molecule has 0 saturated carbocycles. The fourth-order valence-electron chi connectivity index (χ4n) is 8.64. The van der Waals surface area contributed by atoms with Gasteiger partial charge in [0.15, 0.2) is 0 Å². The van der Waals surface area contributed by atoms with Gasteiger partial charge in [-0.1, -0.05) is 79.1 Å². The first-order valence-electron chi connectivity index (χ1n) is 20.7. The van der Waals surface area contributed by atoms with E-state index in [4.69, 9.17) is 19.1 Å². The van der Waals surface area contributed by atoms with E-state index >= 15 is 0 Å². The van der Waals surface area contributed by atoms with Gasteiger partial charge in [-0.05, 0) is 93.9 Å². The van der Waals surface area contributed by atoms with Crippen molar-refractivity contribution < 1.29 is 28.7 Å². The Balaban J connectivity index is 1.65. The Kier molecular flexibility index (Phi) is 18.8. The maximum atomic E-state index is 12.8. The van der Waals surface area contributed by atoms with Gasteiger partial charge in [-0.25, -0.2) is 0 Å². The molecule has 0 aromatic carbocycles. The first kappa shape index (κ1) is 44.9. The Bertz CT molecular complexity index is 881. The van der Waals surface area contributed by atoms with Crippen LogP contribution in [0, 0.1) is 0 Å². The molecule has 0 aliphatic carbocycles. The standard InChI is InChI=1S/C42H80N2O6/c1-13-17-25-33(15-3)49-43-39(5,6)29-35(30-40(43,7)8)47-37(45)27-23-21-19-20-22-24-28-38(46)48-36-31-41(9,10)44(42(11,12)32-36)50-34(16-4)26-18-14-2/h33-36H,13-32H2,1-12H3. The normalized spacial score (nSPS) is 22.2. The van der Waals surface area contributed by atoms with E-state index in [1.54, 1.807) is 0 Å². The molecule has 8 nitrogen and oxygen atoms in total. The zero-order chi connectivity index (χ0) is 37.6. The molecule has 2 saturated heterocycles. The van der Waals surface area contributed by atoms with Gasteiger partial charge in [-0.2, -0.15) is 10.1 Å². The van der Waals surface area contributed by atoms with Crippen LogP contribution in [-0.2, 0) is 28.7 Å².